The van der Waals surface area contributed by atoms with Gasteiger partial charge in [0.1, 0.15) is 5.54 Å². The molecule has 1 N–H and O–H groups in total. The van der Waals surface area contributed by atoms with Gasteiger partial charge in [-0.1, -0.05) is 42.5 Å². The Morgan fingerprint density at radius 3 is 2.38 bits per heavy atom. The lowest BCUT2D eigenvalue weighted by Crippen LogP contribution is -2.40. The summed E-state index contributed by atoms with van der Waals surface area (Å²) >= 11 is 1.65. The van der Waals surface area contributed by atoms with Crippen molar-refractivity contribution in [1.29, 1.82) is 0 Å². The zero-order valence-electron chi connectivity index (χ0n) is 13.4. The molecule has 0 aliphatic carbocycles. The molecule has 2 aromatic carbocycles. The average molecular weight is 339 g/mol. The molecule has 6 heteroatoms. The molecule has 2 aromatic rings. The molecule has 3 amide bonds. The average Bonchev–Trinajstić information content (AvgIpc) is 2.84. The van der Waals surface area contributed by atoms with E-state index >= 15 is 0 Å². The highest BCUT2D eigenvalue weighted by atomic mass is 32.2. The predicted octanol–water partition coefficient (Wildman–Crippen LogP) is 3.21. The van der Waals surface area contributed by atoms with Gasteiger partial charge in [-0.15, -0.1) is 16.8 Å². The van der Waals surface area contributed by atoms with E-state index in [1.165, 1.54) is 6.21 Å². The van der Waals surface area contributed by atoms with Crippen LogP contribution in [0.15, 0.2) is 64.6 Å². The van der Waals surface area contributed by atoms with E-state index in [1.54, 1.807) is 18.7 Å². The normalized spacial score (nSPS) is 20.7. The van der Waals surface area contributed by atoms with Crippen LogP contribution in [0.4, 0.5) is 4.79 Å². The molecule has 3 rings (SSSR count). The molecule has 0 radical (unpaired) electrons. The van der Waals surface area contributed by atoms with E-state index in [0.29, 0.717) is 0 Å². The first-order valence-corrected chi connectivity index (χ1v) is 8.67. The number of urea groups is 1. The van der Waals surface area contributed by atoms with E-state index in [1.807, 2.05) is 60.9 Å². The maximum atomic E-state index is 12.7. The van der Waals surface area contributed by atoms with Crippen molar-refractivity contribution in [1.82, 2.24) is 10.3 Å². The molecule has 5 nitrogen and oxygen atoms in total. The van der Waals surface area contributed by atoms with Crippen molar-refractivity contribution in [2.24, 2.45) is 5.10 Å². The van der Waals surface area contributed by atoms with Crippen molar-refractivity contribution in [3.8, 4) is 0 Å². The number of carbonyl (C=O) groups is 2. The quantitative estimate of drug-likeness (QED) is 0.528. The molecular weight excluding hydrogens is 322 g/mol. The molecular formula is C18H17N3O2S. The molecule has 1 aliphatic heterocycles. The summed E-state index contributed by atoms with van der Waals surface area (Å²) in [7, 11) is 0. The maximum absolute atomic E-state index is 12.7. The van der Waals surface area contributed by atoms with Crippen molar-refractivity contribution in [3.63, 3.8) is 0 Å². The van der Waals surface area contributed by atoms with Gasteiger partial charge in [0.05, 0.1) is 6.21 Å². The van der Waals surface area contributed by atoms with Crippen molar-refractivity contribution >= 4 is 29.9 Å². The van der Waals surface area contributed by atoms with Gasteiger partial charge in [-0.05, 0) is 36.4 Å². The Labute approximate surface area is 144 Å². The zero-order valence-corrected chi connectivity index (χ0v) is 14.2. The fraction of sp³-hybridized carbons (Fsp3) is 0.167. The Kier molecular flexibility index (Phi) is 4.40. The van der Waals surface area contributed by atoms with Gasteiger partial charge in [0.25, 0.3) is 5.91 Å². The fourth-order valence-electron chi connectivity index (χ4n) is 2.51. The third-order valence-corrected chi connectivity index (χ3v) is 4.70. The first-order chi connectivity index (χ1) is 11.5. The summed E-state index contributed by atoms with van der Waals surface area (Å²) in [6, 6.07) is 16.3. The molecule has 1 aliphatic rings. The summed E-state index contributed by atoms with van der Waals surface area (Å²) in [6.45, 7) is 1.69. The van der Waals surface area contributed by atoms with E-state index in [4.69, 9.17) is 0 Å². The Balaban J connectivity index is 1.83. The van der Waals surface area contributed by atoms with Crippen LogP contribution in [0.5, 0.6) is 0 Å². The summed E-state index contributed by atoms with van der Waals surface area (Å²) in [6.07, 6.45) is 3.51. The van der Waals surface area contributed by atoms with Crippen molar-refractivity contribution < 1.29 is 9.59 Å². The highest BCUT2D eigenvalue weighted by molar-refractivity contribution is 7.98. The zero-order chi connectivity index (χ0) is 17.2. The Morgan fingerprint density at radius 1 is 1.08 bits per heavy atom. The number of nitrogens with zero attached hydrogens (tertiary/aromatic N) is 2. The molecule has 1 saturated heterocycles. The molecule has 0 aromatic heterocycles. The van der Waals surface area contributed by atoms with E-state index in [0.717, 1.165) is 21.0 Å². The van der Waals surface area contributed by atoms with Crippen molar-refractivity contribution in [3.05, 3.63) is 65.7 Å². The Hall–Kier alpha value is -2.60. The molecule has 24 heavy (non-hydrogen) atoms. The maximum Gasteiger partial charge on any atom is 0.346 e. The highest BCUT2D eigenvalue weighted by Crippen LogP contribution is 2.28. The van der Waals surface area contributed by atoms with Gasteiger partial charge in [0, 0.05) is 4.90 Å². The molecule has 0 unspecified atom stereocenters. The number of carbonyl (C=O) groups excluding carboxylic acids is 2. The Morgan fingerprint density at radius 2 is 1.75 bits per heavy atom. The minimum Gasteiger partial charge on any atom is -0.318 e. The van der Waals surface area contributed by atoms with Crippen LogP contribution in [0.25, 0.3) is 0 Å². The standard InChI is InChI=1S/C18H17N3O2S/c1-18(14-6-4-3-5-7-14)16(22)21(17(23)20-18)19-12-13-8-10-15(24-2)11-9-13/h3-12H,1-2H3,(H,20,23)/b19-12-/t18-/m1/s1. The first kappa shape index (κ1) is 16.3. The third kappa shape index (κ3) is 2.92. The number of hydrogen-bond donors (Lipinski definition) is 1. The molecule has 1 atom stereocenters. The number of thioether (sulfide) groups is 1. The lowest BCUT2D eigenvalue weighted by atomic mass is 9.92. The lowest BCUT2D eigenvalue weighted by Gasteiger charge is -2.20. The summed E-state index contributed by atoms with van der Waals surface area (Å²) in [5, 5.41) is 7.68. The molecule has 1 heterocycles. The fourth-order valence-corrected chi connectivity index (χ4v) is 2.92. The van der Waals surface area contributed by atoms with Gasteiger partial charge >= 0.3 is 6.03 Å². The third-order valence-electron chi connectivity index (χ3n) is 3.96. The van der Waals surface area contributed by atoms with Crippen LogP contribution in [-0.2, 0) is 10.3 Å². The number of amides is 3. The second kappa shape index (κ2) is 6.49. The van der Waals surface area contributed by atoms with Gasteiger partial charge in [-0.25, -0.2) is 4.79 Å². The summed E-state index contributed by atoms with van der Waals surface area (Å²) < 4.78 is 0. The second-order valence-electron chi connectivity index (χ2n) is 5.56. The predicted molar refractivity (Wildman–Crippen MR) is 95.0 cm³/mol. The second-order valence-corrected chi connectivity index (χ2v) is 6.44. The first-order valence-electron chi connectivity index (χ1n) is 7.45. The van der Waals surface area contributed by atoms with Gasteiger partial charge < -0.3 is 5.32 Å². The number of imide groups is 1. The van der Waals surface area contributed by atoms with Crippen LogP contribution >= 0.6 is 11.8 Å². The van der Waals surface area contributed by atoms with Crippen molar-refractivity contribution in [2.45, 2.75) is 17.4 Å². The number of rotatable bonds is 4. The molecule has 0 bridgehead atoms. The molecule has 1 fully saturated rings. The minimum absolute atomic E-state index is 0.393. The van der Waals surface area contributed by atoms with E-state index < -0.39 is 17.5 Å². The molecule has 122 valence electrons. The largest absolute Gasteiger partial charge is 0.346 e. The summed E-state index contributed by atoms with van der Waals surface area (Å²) in [5.74, 6) is -0.393. The highest BCUT2D eigenvalue weighted by Gasteiger charge is 2.49. The van der Waals surface area contributed by atoms with Crippen LogP contribution in [-0.4, -0.2) is 29.4 Å². The number of nitrogens with one attached hydrogen (secondary N) is 1. The summed E-state index contributed by atoms with van der Waals surface area (Å²) in [5.41, 5.74) is 0.449. The van der Waals surface area contributed by atoms with Gasteiger partial charge in [0.2, 0.25) is 0 Å². The number of hydrogen-bond acceptors (Lipinski definition) is 4. The van der Waals surface area contributed by atoms with E-state index in [9.17, 15) is 9.59 Å². The Bertz CT molecular complexity index is 790. The lowest BCUT2D eigenvalue weighted by molar-refractivity contribution is -0.131. The van der Waals surface area contributed by atoms with E-state index in [2.05, 4.69) is 10.4 Å². The smallest absolute Gasteiger partial charge is 0.318 e. The molecule has 0 saturated carbocycles. The van der Waals surface area contributed by atoms with Crippen LogP contribution < -0.4 is 5.32 Å². The van der Waals surface area contributed by atoms with Gasteiger partial charge in [-0.3, -0.25) is 4.79 Å². The van der Waals surface area contributed by atoms with Crippen LogP contribution in [0.2, 0.25) is 0 Å². The monoisotopic (exact) mass is 339 g/mol. The van der Waals surface area contributed by atoms with Gasteiger partial charge in [-0.2, -0.15) is 5.10 Å². The summed E-state index contributed by atoms with van der Waals surface area (Å²) in [4.78, 5) is 26.0. The minimum atomic E-state index is -1.10. The van der Waals surface area contributed by atoms with Crippen LogP contribution in [0.1, 0.15) is 18.1 Å². The number of benzene rings is 2. The van der Waals surface area contributed by atoms with Crippen LogP contribution in [0.3, 0.4) is 0 Å². The van der Waals surface area contributed by atoms with Crippen LogP contribution in [0, 0.1) is 0 Å². The number of hydrazone groups is 1. The topological polar surface area (TPSA) is 61.8 Å². The van der Waals surface area contributed by atoms with E-state index in [-0.39, 0.29) is 0 Å². The van der Waals surface area contributed by atoms with Gasteiger partial charge in [0.15, 0.2) is 0 Å². The van der Waals surface area contributed by atoms with Crippen molar-refractivity contribution in [2.75, 3.05) is 6.26 Å². The molecule has 0 spiro atoms. The SMILES string of the molecule is CSc1ccc(/C=N\N2C(=O)N[C@](C)(c3ccccc3)C2=O)cc1.